The number of benzene rings is 1. The summed E-state index contributed by atoms with van der Waals surface area (Å²) < 4.78 is 1.69. The summed E-state index contributed by atoms with van der Waals surface area (Å²) in [5.41, 5.74) is 1.93. The minimum Gasteiger partial charge on any atom is -0.360 e. The highest BCUT2D eigenvalue weighted by molar-refractivity contribution is 6.03. The predicted molar refractivity (Wildman–Crippen MR) is 61.0 cm³/mol. The molecule has 2 aromatic heterocycles. The molecule has 0 unspecified atom stereocenters. The number of hydrogen-bond acceptors (Lipinski definition) is 1. The molecular weight excluding hydrogens is 188 g/mol. The monoisotopic (exact) mass is 198 g/mol. The van der Waals surface area contributed by atoms with Gasteiger partial charge >= 0.3 is 0 Å². The molecule has 3 heteroatoms. The normalized spacial score (nSPS) is 11.3. The Kier molecular flexibility index (Phi) is 1.51. The number of aromatic amines is 1. The summed E-state index contributed by atoms with van der Waals surface area (Å²) in [5.74, 6) is 0. The van der Waals surface area contributed by atoms with Gasteiger partial charge in [-0.3, -0.25) is 4.79 Å². The fourth-order valence-electron chi connectivity index (χ4n) is 2.04. The number of aryl methyl sites for hydroxylation is 1. The Balaban J connectivity index is 2.77. The van der Waals surface area contributed by atoms with Gasteiger partial charge in [-0.25, -0.2) is 0 Å². The number of aromatic nitrogens is 2. The summed E-state index contributed by atoms with van der Waals surface area (Å²) >= 11 is 0. The van der Waals surface area contributed by atoms with Crippen molar-refractivity contribution in [3.8, 4) is 0 Å². The van der Waals surface area contributed by atoms with Crippen LogP contribution in [0.25, 0.3) is 21.8 Å². The van der Waals surface area contributed by atoms with E-state index < -0.39 is 0 Å². The highest BCUT2D eigenvalue weighted by Gasteiger charge is 2.07. The lowest BCUT2D eigenvalue weighted by Crippen LogP contribution is -2.16. The minimum atomic E-state index is 0.0463. The Morgan fingerprint density at radius 2 is 1.93 bits per heavy atom. The highest BCUT2D eigenvalue weighted by atomic mass is 16.1. The van der Waals surface area contributed by atoms with E-state index in [4.69, 9.17) is 0 Å². The van der Waals surface area contributed by atoms with E-state index in [-0.39, 0.29) is 5.56 Å². The average Bonchev–Trinajstić information content (AvgIpc) is 2.75. The SMILES string of the molecule is Cn1c(=O)c2cc[nH]c2c2ccccc21. The van der Waals surface area contributed by atoms with Gasteiger partial charge in [0.2, 0.25) is 0 Å². The molecule has 0 fully saturated rings. The number of hydrogen-bond donors (Lipinski definition) is 1. The maximum Gasteiger partial charge on any atom is 0.260 e. The van der Waals surface area contributed by atoms with E-state index in [0.29, 0.717) is 0 Å². The van der Waals surface area contributed by atoms with Gasteiger partial charge in [0.15, 0.2) is 0 Å². The van der Waals surface area contributed by atoms with E-state index in [9.17, 15) is 4.79 Å². The maximum absolute atomic E-state index is 11.9. The Hall–Kier alpha value is -2.03. The smallest absolute Gasteiger partial charge is 0.260 e. The minimum absolute atomic E-state index is 0.0463. The number of pyridine rings is 1. The van der Waals surface area contributed by atoms with Crippen molar-refractivity contribution in [1.29, 1.82) is 0 Å². The summed E-state index contributed by atoms with van der Waals surface area (Å²) in [7, 11) is 1.80. The van der Waals surface area contributed by atoms with Gasteiger partial charge in [0.1, 0.15) is 0 Å². The van der Waals surface area contributed by atoms with Crippen LogP contribution in [0.5, 0.6) is 0 Å². The molecule has 74 valence electrons. The maximum atomic E-state index is 11.9. The highest BCUT2D eigenvalue weighted by Crippen LogP contribution is 2.20. The third-order valence-electron chi connectivity index (χ3n) is 2.82. The van der Waals surface area contributed by atoms with Crippen LogP contribution in [0, 0.1) is 0 Å². The molecule has 0 spiro atoms. The topological polar surface area (TPSA) is 37.8 Å². The van der Waals surface area contributed by atoms with E-state index in [2.05, 4.69) is 4.98 Å². The molecule has 0 atom stereocenters. The first-order chi connectivity index (χ1) is 7.29. The van der Waals surface area contributed by atoms with Gasteiger partial charge in [-0.1, -0.05) is 18.2 Å². The van der Waals surface area contributed by atoms with Crippen LogP contribution < -0.4 is 5.56 Å². The van der Waals surface area contributed by atoms with Crippen molar-refractivity contribution in [2.75, 3.05) is 0 Å². The molecule has 0 saturated carbocycles. The number of nitrogens with one attached hydrogen (secondary N) is 1. The van der Waals surface area contributed by atoms with Gasteiger partial charge in [0, 0.05) is 18.6 Å². The van der Waals surface area contributed by atoms with E-state index >= 15 is 0 Å². The van der Waals surface area contributed by atoms with Crippen LogP contribution in [-0.2, 0) is 7.05 Å². The van der Waals surface area contributed by atoms with E-state index in [1.165, 1.54) is 0 Å². The molecule has 15 heavy (non-hydrogen) atoms. The van der Waals surface area contributed by atoms with Crippen molar-refractivity contribution >= 4 is 21.8 Å². The van der Waals surface area contributed by atoms with Gasteiger partial charge in [0.25, 0.3) is 5.56 Å². The Bertz CT molecular complexity index is 706. The molecule has 0 saturated heterocycles. The largest absolute Gasteiger partial charge is 0.360 e. The molecular formula is C12H10N2O. The first-order valence-electron chi connectivity index (χ1n) is 4.84. The zero-order valence-corrected chi connectivity index (χ0v) is 8.32. The van der Waals surface area contributed by atoms with Crippen molar-refractivity contribution in [1.82, 2.24) is 9.55 Å². The molecule has 2 heterocycles. The third kappa shape index (κ3) is 0.973. The van der Waals surface area contributed by atoms with Gasteiger partial charge in [-0.15, -0.1) is 0 Å². The molecule has 0 aliphatic carbocycles. The standard InChI is InChI=1S/C12H10N2O/c1-14-10-5-3-2-4-8(10)11-9(12(14)15)6-7-13-11/h2-7,13H,1H3. The van der Waals surface area contributed by atoms with E-state index in [0.717, 1.165) is 21.8 Å². The number of fused-ring (bicyclic) bond motifs is 3. The lowest BCUT2D eigenvalue weighted by molar-refractivity contribution is 0.918. The van der Waals surface area contributed by atoms with E-state index in [1.807, 2.05) is 30.3 Å². The number of para-hydroxylation sites is 1. The third-order valence-corrected chi connectivity index (χ3v) is 2.82. The Labute approximate surface area is 86.0 Å². The van der Waals surface area contributed by atoms with Crippen LogP contribution in [0.4, 0.5) is 0 Å². The molecule has 0 aliphatic heterocycles. The van der Waals surface area contributed by atoms with Gasteiger partial charge in [0.05, 0.1) is 16.4 Å². The van der Waals surface area contributed by atoms with Gasteiger partial charge in [-0.2, -0.15) is 0 Å². The average molecular weight is 198 g/mol. The Morgan fingerprint density at radius 1 is 1.13 bits per heavy atom. The summed E-state index contributed by atoms with van der Waals surface area (Å²) in [6.45, 7) is 0. The van der Waals surface area contributed by atoms with Crippen LogP contribution in [0.1, 0.15) is 0 Å². The second-order valence-electron chi connectivity index (χ2n) is 3.65. The summed E-state index contributed by atoms with van der Waals surface area (Å²) in [5, 5.41) is 1.83. The van der Waals surface area contributed by atoms with Crippen LogP contribution >= 0.6 is 0 Å². The number of rotatable bonds is 0. The second kappa shape index (κ2) is 2.73. The zero-order chi connectivity index (χ0) is 10.4. The molecule has 3 nitrogen and oxygen atoms in total. The number of H-pyrrole nitrogens is 1. The van der Waals surface area contributed by atoms with Gasteiger partial charge < -0.3 is 9.55 Å². The molecule has 0 aliphatic rings. The molecule has 3 rings (SSSR count). The van der Waals surface area contributed by atoms with E-state index in [1.54, 1.807) is 17.8 Å². The predicted octanol–water partition coefficient (Wildman–Crippen LogP) is 2.02. The molecule has 0 bridgehead atoms. The first kappa shape index (κ1) is 8.29. The summed E-state index contributed by atoms with van der Waals surface area (Å²) in [6, 6.07) is 9.72. The van der Waals surface area contributed by atoms with Gasteiger partial charge in [-0.05, 0) is 12.1 Å². The quantitative estimate of drug-likeness (QED) is 0.589. The van der Waals surface area contributed by atoms with Crippen LogP contribution in [0.15, 0.2) is 41.3 Å². The van der Waals surface area contributed by atoms with Crippen molar-refractivity contribution < 1.29 is 0 Å². The molecule has 0 radical (unpaired) electrons. The van der Waals surface area contributed by atoms with Crippen molar-refractivity contribution in [3.05, 3.63) is 46.9 Å². The van der Waals surface area contributed by atoms with Crippen LogP contribution in [-0.4, -0.2) is 9.55 Å². The molecule has 1 N–H and O–H groups in total. The Morgan fingerprint density at radius 3 is 2.80 bits per heavy atom. The number of nitrogens with zero attached hydrogens (tertiary/aromatic N) is 1. The first-order valence-corrected chi connectivity index (χ1v) is 4.84. The second-order valence-corrected chi connectivity index (χ2v) is 3.65. The lowest BCUT2D eigenvalue weighted by Gasteiger charge is -2.05. The molecule has 3 aromatic rings. The summed E-state index contributed by atoms with van der Waals surface area (Å²) in [6.07, 6.45) is 1.80. The lowest BCUT2D eigenvalue weighted by atomic mass is 10.1. The summed E-state index contributed by atoms with van der Waals surface area (Å²) in [4.78, 5) is 15.1. The molecule has 0 amide bonds. The molecule has 1 aromatic carbocycles. The zero-order valence-electron chi connectivity index (χ0n) is 8.32. The van der Waals surface area contributed by atoms with Crippen LogP contribution in [0.3, 0.4) is 0 Å². The van der Waals surface area contributed by atoms with Crippen LogP contribution in [0.2, 0.25) is 0 Å². The van der Waals surface area contributed by atoms with Crippen molar-refractivity contribution in [3.63, 3.8) is 0 Å². The van der Waals surface area contributed by atoms with Crippen molar-refractivity contribution in [2.24, 2.45) is 7.05 Å². The fourth-order valence-corrected chi connectivity index (χ4v) is 2.04. The fraction of sp³-hybridized carbons (Fsp3) is 0.0833. The van der Waals surface area contributed by atoms with Crippen molar-refractivity contribution in [2.45, 2.75) is 0 Å².